The summed E-state index contributed by atoms with van der Waals surface area (Å²) in [7, 11) is 5.61. The molecule has 4 rings (SSSR count). The van der Waals surface area contributed by atoms with Crippen LogP contribution in [0.25, 0.3) is 16.8 Å². The van der Waals surface area contributed by atoms with E-state index in [9.17, 15) is 0 Å². The van der Waals surface area contributed by atoms with Crippen LogP contribution in [0.3, 0.4) is 0 Å². The summed E-state index contributed by atoms with van der Waals surface area (Å²) in [6.07, 6.45) is 8.07. The molecule has 144 valence electrons. The molecule has 1 atom stereocenters. The molecule has 4 heterocycles. The lowest BCUT2D eigenvalue weighted by molar-refractivity contribution is 0.127. The Morgan fingerprint density at radius 2 is 2.19 bits per heavy atom. The van der Waals surface area contributed by atoms with Gasteiger partial charge in [-0.3, -0.25) is 4.68 Å². The quantitative estimate of drug-likeness (QED) is 0.716. The van der Waals surface area contributed by atoms with Gasteiger partial charge in [-0.25, -0.2) is 4.98 Å². The van der Waals surface area contributed by atoms with Crippen molar-refractivity contribution in [2.24, 2.45) is 7.05 Å². The SMILES string of the molecule is CNc1cc(C2CCCN(CCOC)C2)nc2c(-c3cnn(C)c3)cnn12. The normalized spacial score (nSPS) is 18.3. The molecule has 27 heavy (non-hydrogen) atoms. The Balaban J connectivity index is 1.70. The van der Waals surface area contributed by atoms with E-state index in [0.717, 1.165) is 60.9 Å². The summed E-state index contributed by atoms with van der Waals surface area (Å²) in [5.41, 5.74) is 4.04. The zero-order valence-electron chi connectivity index (χ0n) is 16.2. The van der Waals surface area contributed by atoms with Gasteiger partial charge in [0.1, 0.15) is 5.82 Å². The van der Waals surface area contributed by atoms with Crippen molar-refractivity contribution in [2.75, 3.05) is 45.7 Å². The summed E-state index contributed by atoms with van der Waals surface area (Å²) < 4.78 is 8.92. The van der Waals surface area contributed by atoms with Crippen molar-refractivity contribution >= 4 is 11.5 Å². The Morgan fingerprint density at radius 1 is 1.30 bits per heavy atom. The molecule has 1 fully saturated rings. The minimum atomic E-state index is 0.421. The number of methoxy groups -OCH3 is 1. The summed E-state index contributed by atoms with van der Waals surface area (Å²) in [5.74, 6) is 1.38. The molecule has 0 aromatic carbocycles. The summed E-state index contributed by atoms with van der Waals surface area (Å²) in [6, 6.07) is 2.14. The Kier molecular flexibility index (Phi) is 5.09. The van der Waals surface area contributed by atoms with Crippen LogP contribution in [0.4, 0.5) is 5.82 Å². The number of anilines is 1. The van der Waals surface area contributed by atoms with E-state index >= 15 is 0 Å². The second kappa shape index (κ2) is 7.66. The number of piperidine rings is 1. The van der Waals surface area contributed by atoms with Gasteiger partial charge >= 0.3 is 0 Å². The van der Waals surface area contributed by atoms with Crippen LogP contribution in [0, 0.1) is 0 Å². The standard InChI is InChI=1S/C19H27N7O/c1-20-18-9-17(14-5-4-6-25(13-14)7-8-27-3)23-19-16(11-22-26(18)19)15-10-21-24(2)12-15/h9-12,14,20H,4-8,13H2,1-3H3. The molecule has 0 saturated carbocycles. The van der Waals surface area contributed by atoms with Gasteiger partial charge in [-0.05, 0) is 19.4 Å². The van der Waals surface area contributed by atoms with Gasteiger partial charge in [-0.15, -0.1) is 0 Å². The van der Waals surface area contributed by atoms with Gasteiger partial charge in [0.25, 0.3) is 0 Å². The van der Waals surface area contributed by atoms with E-state index in [1.807, 2.05) is 37.2 Å². The van der Waals surface area contributed by atoms with Gasteiger partial charge < -0.3 is 15.0 Å². The topological polar surface area (TPSA) is 72.5 Å². The maximum absolute atomic E-state index is 5.25. The zero-order chi connectivity index (χ0) is 18.8. The third-order valence-corrected chi connectivity index (χ3v) is 5.30. The average molecular weight is 369 g/mol. The molecule has 1 N–H and O–H groups in total. The largest absolute Gasteiger partial charge is 0.383 e. The molecule has 1 unspecified atom stereocenters. The minimum Gasteiger partial charge on any atom is -0.383 e. The molecule has 0 bridgehead atoms. The van der Waals surface area contributed by atoms with Crippen molar-refractivity contribution in [3.63, 3.8) is 0 Å². The van der Waals surface area contributed by atoms with E-state index < -0.39 is 0 Å². The van der Waals surface area contributed by atoms with Crippen LogP contribution >= 0.6 is 0 Å². The highest BCUT2D eigenvalue weighted by atomic mass is 16.5. The second-order valence-electron chi connectivity index (χ2n) is 7.15. The minimum absolute atomic E-state index is 0.421. The average Bonchev–Trinajstić information content (AvgIpc) is 3.31. The maximum Gasteiger partial charge on any atom is 0.165 e. The predicted molar refractivity (Wildman–Crippen MR) is 105 cm³/mol. The Morgan fingerprint density at radius 3 is 2.93 bits per heavy atom. The van der Waals surface area contributed by atoms with Crippen molar-refractivity contribution in [3.05, 3.63) is 30.4 Å². The summed E-state index contributed by atoms with van der Waals surface area (Å²) >= 11 is 0. The molecule has 1 aliphatic rings. The predicted octanol–water partition coefficient (Wildman–Crippen LogP) is 2.00. The number of aromatic nitrogens is 5. The molecule has 8 nitrogen and oxygen atoms in total. The fraction of sp³-hybridized carbons (Fsp3) is 0.526. The Labute approximate surface area is 159 Å². The van der Waals surface area contributed by atoms with Gasteiger partial charge in [0, 0.05) is 63.6 Å². The Bertz CT molecular complexity index is 916. The van der Waals surface area contributed by atoms with E-state index in [4.69, 9.17) is 9.72 Å². The number of hydrogen-bond donors (Lipinski definition) is 1. The molecule has 0 amide bonds. The molecule has 3 aromatic rings. The number of rotatable bonds is 6. The van der Waals surface area contributed by atoms with Crippen LogP contribution in [0.15, 0.2) is 24.7 Å². The molecule has 0 spiro atoms. The number of hydrogen-bond acceptors (Lipinski definition) is 6. The first kappa shape index (κ1) is 17.9. The van der Waals surface area contributed by atoms with Crippen LogP contribution in [0.5, 0.6) is 0 Å². The van der Waals surface area contributed by atoms with Crippen LogP contribution in [-0.2, 0) is 11.8 Å². The number of aryl methyl sites for hydroxylation is 1. The Hall–Kier alpha value is -2.45. The molecule has 0 radical (unpaired) electrons. The van der Waals surface area contributed by atoms with Crippen LogP contribution in [0.1, 0.15) is 24.5 Å². The lowest BCUT2D eigenvalue weighted by Gasteiger charge is -2.32. The van der Waals surface area contributed by atoms with Crippen molar-refractivity contribution in [3.8, 4) is 11.1 Å². The third kappa shape index (κ3) is 3.54. The van der Waals surface area contributed by atoms with Crippen LogP contribution < -0.4 is 5.32 Å². The lowest BCUT2D eigenvalue weighted by Crippen LogP contribution is -2.36. The highest BCUT2D eigenvalue weighted by Crippen LogP contribution is 2.30. The number of ether oxygens (including phenoxy) is 1. The zero-order valence-corrected chi connectivity index (χ0v) is 16.2. The molecule has 0 aliphatic carbocycles. The van der Waals surface area contributed by atoms with Gasteiger partial charge in [0.2, 0.25) is 0 Å². The second-order valence-corrected chi connectivity index (χ2v) is 7.15. The van der Waals surface area contributed by atoms with Crippen LogP contribution in [-0.4, -0.2) is 69.7 Å². The van der Waals surface area contributed by atoms with Gasteiger partial charge in [0.05, 0.1) is 24.7 Å². The molecular weight excluding hydrogens is 342 g/mol. The first-order valence-electron chi connectivity index (χ1n) is 9.46. The molecule has 8 heteroatoms. The smallest absolute Gasteiger partial charge is 0.165 e. The first-order valence-corrected chi connectivity index (χ1v) is 9.46. The number of nitrogens with zero attached hydrogens (tertiary/aromatic N) is 6. The number of likely N-dealkylation sites (tertiary alicyclic amines) is 1. The fourth-order valence-corrected chi connectivity index (χ4v) is 3.85. The van der Waals surface area contributed by atoms with Crippen molar-refractivity contribution in [1.82, 2.24) is 29.3 Å². The van der Waals surface area contributed by atoms with Crippen molar-refractivity contribution in [2.45, 2.75) is 18.8 Å². The number of nitrogens with one attached hydrogen (secondary N) is 1. The van der Waals surface area contributed by atoms with E-state index in [0.29, 0.717) is 5.92 Å². The number of fused-ring (bicyclic) bond motifs is 1. The monoisotopic (exact) mass is 369 g/mol. The van der Waals surface area contributed by atoms with Gasteiger partial charge in [-0.2, -0.15) is 14.7 Å². The summed E-state index contributed by atoms with van der Waals surface area (Å²) in [5, 5.41) is 12.1. The molecule has 1 aliphatic heterocycles. The summed E-state index contributed by atoms with van der Waals surface area (Å²) in [6.45, 7) is 3.90. The van der Waals surface area contributed by atoms with E-state index in [1.54, 1.807) is 11.8 Å². The molecular formula is C19H27N7O. The van der Waals surface area contributed by atoms with Crippen molar-refractivity contribution < 1.29 is 4.74 Å². The highest BCUT2D eigenvalue weighted by molar-refractivity contribution is 5.77. The van der Waals surface area contributed by atoms with Crippen molar-refractivity contribution in [1.29, 1.82) is 0 Å². The molecule has 1 saturated heterocycles. The highest BCUT2D eigenvalue weighted by Gasteiger charge is 2.24. The third-order valence-electron chi connectivity index (χ3n) is 5.30. The van der Waals surface area contributed by atoms with Gasteiger partial charge in [-0.1, -0.05) is 0 Å². The summed E-state index contributed by atoms with van der Waals surface area (Å²) in [4.78, 5) is 7.51. The van der Waals surface area contributed by atoms with E-state index in [2.05, 4.69) is 26.5 Å². The lowest BCUT2D eigenvalue weighted by atomic mass is 9.94. The first-order chi connectivity index (χ1) is 13.2. The maximum atomic E-state index is 5.25. The fourth-order valence-electron chi connectivity index (χ4n) is 3.85. The van der Waals surface area contributed by atoms with Gasteiger partial charge in [0.15, 0.2) is 5.65 Å². The van der Waals surface area contributed by atoms with E-state index in [-0.39, 0.29) is 0 Å². The van der Waals surface area contributed by atoms with Crippen LogP contribution in [0.2, 0.25) is 0 Å². The van der Waals surface area contributed by atoms with E-state index in [1.165, 1.54) is 6.42 Å². The molecule has 3 aromatic heterocycles.